The van der Waals surface area contributed by atoms with Gasteiger partial charge in [-0.3, -0.25) is 9.48 Å². The van der Waals surface area contributed by atoms with E-state index in [0.717, 1.165) is 0 Å². The quantitative estimate of drug-likeness (QED) is 0.794. The third kappa shape index (κ3) is 3.04. The van der Waals surface area contributed by atoms with Crippen molar-refractivity contribution in [1.82, 2.24) is 19.7 Å². The number of halogens is 3. The van der Waals surface area contributed by atoms with E-state index in [2.05, 4.69) is 25.7 Å². The average molecular weight is 373 g/mol. The van der Waals surface area contributed by atoms with E-state index in [-0.39, 0.29) is 24.1 Å². The van der Waals surface area contributed by atoms with E-state index < -0.39 is 35.9 Å². The number of hydrogen-bond acceptors (Lipinski definition) is 7. The van der Waals surface area contributed by atoms with Crippen LogP contribution in [-0.2, 0) is 28.1 Å². The maximum atomic E-state index is 13.0. The summed E-state index contributed by atoms with van der Waals surface area (Å²) < 4.78 is 67.5. The Hall–Kier alpha value is -2.85. The Balaban J connectivity index is 2.02. The third-order valence-electron chi connectivity index (χ3n) is 4.13. The number of esters is 1. The predicted molar refractivity (Wildman–Crippen MR) is 86.0 cm³/mol. The van der Waals surface area contributed by atoms with Gasteiger partial charge in [0.25, 0.3) is 0 Å². The van der Waals surface area contributed by atoms with Gasteiger partial charge in [0.1, 0.15) is 22.6 Å². The number of cyclic esters (lactones) is 1. The molecule has 1 fully saturated rings. The number of rotatable bonds is 4. The number of alkyl halides is 3. The zero-order chi connectivity index (χ0) is 21.6. The molecule has 11 heteroatoms. The van der Waals surface area contributed by atoms with Crippen LogP contribution in [0.25, 0.3) is 0 Å². The second-order valence-corrected chi connectivity index (χ2v) is 5.87. The van der Waals surface area contributed by atoms with E-state index in [9.17, 15) is 18.0 Å². The molecule has 0 saturated carbocycles. The van der Waals surface area contributed by atoms with Crippen molar-refractivity contribution in [3.05, 3.63) is 23.5 Å². The van der Waals surface area contributed by atoms with Crippen molar-refractivity contribution >= 4 is 23.6 Å². The zero-order valence-electron chi connectivity index (χ0n) is 16.8. The summed E-state index contributed by atoms with van der Waals surface area (Å²) in [6.07, 6.45) is -3.78. The van der Waals surface area contributed by atoms with Gasteiger partial charge in [-0.1, -0.05) is 0 Å². The van der Waals surface area contributed by atoms with E-state index in [4.69, 9.17) is 8.85 Å². The summed E-state index contributed by atoms with van der Waals surface area (Å²) in [5, 5.41) is 8.92. The molecule has 3 rings (SSSR count). The molecule has 0 spiro atoms. The molecule has 0 unspecified atom stereocenters. The van der Waals surface area contributed by atoms with Gasteiger partial charge in [-0.05, 0) is 6.92 Å². The van der Waals surface area contributed by atoms with Gasteiger partial charge in [0.2, 0.25) is 5.95 Å². The first-order chi connectivity index (χ1) is 13.4. The van der Waals surface area contributed by atoms with Gasteiger partial charge < -0.3 is 15.4 Å². The highest BCUT2D eigenvalue weighted by Crippen LogP contribution is 2.35. The monoisotopic (exact) mass is 373 g/mol. The highest BCUT2D eigenvalue weighted by atomic mass is 19.4. The summed E-state index contributed by atoms with van der Waals surface area (Å²) in [6, 6.07) is 1.32. The molecule has 0 aliphatic carbocycles. The van der Waals surface area contributed by atoms with Gasteiger partial charge in [-0.25, -0.2) is 4.98 Å². The molecule has 26 heavy (non-hydrogen) atoms. The Morgan fingerprint density at radius 1 is 1.46 bits per heavy atom. The maximum Gasteiger partial charge on any atom is 0.421 e. The van der Waals surface area contributed by atoms with Crippen LogP contribution in [0, 0.1) is 0 Å². The second-order valence-electron chi connectivity index (χ2n) is 5.87. The summed E-state index contributed by atoms with van der Waals surface area (Å²) in [6.45, 7) is -0.977. The van der Waals surface area contributed by atoms with Crippen LogP contribution >= 0.6 is 0 Å². The first-order valence-corrected chi connectivity index (χ1v) is 7.53. The van der Waals surface area contributed by atoms with Crippen molar-refractivity contribution < 1.29 is 26.8 Å². The van der Waals surface area contributed by atoms with Gasteiger partial charge in [-0.2, -0.15) is 23.3 Å². The summed E-state index contributed by atoms with van der Waals surface area (Å²) in [7, 11) is 1.26. The van der Waals surface area contributed by atoms with Crippen molar-refractivity contribution in [1.29, 1.82) is 0 Å². The Morgan fingerprint density at radius 2 is 2.23 bits per heavy atom. The molecule has 0 bridgehead atoms. The molecule has 0 aromatic carbocycles. The van der Waals surface area contributed by atoms with Gasteiger partial charge >= 0.3 is 12.1 Å². The number of carbonyl (C=O) groups is 1. The molecular formula is C15H17F3N6O2. The van der Waals surface area contributed by atoms with E-state index in [1.54, 1.807) is 6.92 Å². The standard InChI is InChI=1S/C15H17F3N6O2/c1-14(4-5-26-12(14)25)9-6-10(24(3)23-9)21-13-20-7-8(15(16,17)18)11(19-2)22-13/h6-7H,4-5H2,1-3H3,(H2,19,20,21,22)/t14-/m0/s1/i3D3. The molecule has 2 aromatic rings. The Kier molecular flexibility index (Phi) is 3.39. The number of aryl methyl sites for hydroxylation is 1. The SMILES string of the molecule is [2H]C([2H])([2H])n1nc([C@]2(C)CCOC2=O)cc1Nc1ncc(C(F)(F)F)c(NC)n1. The van der Waals surface area contributed by atoms with Crippen molar-refractivity contribution in [2.24, 2.45) is 6.98 Å². The van der Waals surface area contributed by atoms with Crippen LogP contribution in [0.15, 0.2) is 12.3 Å². The molecule has 1 aliphatic heterocycles. The lowest BCUT2D eigenvalue weighted by atomic mass is 9.85. The van der Waals surface area contributed by atoms with Gasteiger partial charge in [-0.15, -0.1) is 0 Å². The molecule has 0 amide bonds. The van der Waals surface area contributed by atoms with Gasteiger partial charge in [0, 0.05) is 36.8 Å². The van der Waals surface area contributed by atoms with Crippen LogP contribution < -0.4 is 10.6 Å². The molecule has 1 atom stereocenters. The van der Waals surface area contributed by atoms with Crippen LogP contribution in [0.3, 0.4) is 0 Å². The number of aromatic nitrogens is 4. The highest BCUT2D eigenvalue weighted by molar-refractivity contribution is 5.84. The van der Waals surface area contributed by atoms with Crippen LogP contribution in [0.2, 0.25) is 0 Å². The van der Waals surface area contributed by atoms with E-state index in [1.165, 1.54) is 13.1 Å². The minimum absolute atomic E-state index is 0.109. The lowest BCUT2D eigenvalue weighted by Crippen LogP contribution is -2.28. The lowest BCUT2D eigenvalue weighted by Gasteiger charge is -2.14. The summed E-state index contributed by atoms with van der Waals surface area (Å²) in [4.78, 5) is 19.4. The molecule has 1 aliphatic rings. The fraction of sp³-hybridized carbons (Fsp3) is 0.467. The number of carbonyl (C=O) groups excluding carboxylic acids is 1. The van der Waals surface area contributed by atoms with Crippen LogP contribution in [0.1, 0.15) is 28.7 Å². The molecular weight excluding hydrogens is 353 g/mol. The van der Waals surface area contributed by atoms with Crippen molar-refractivity contribution in [3.8, 4) is 0 Å². The van der Waals surface area contributed by atoms with Crippen LogP contribution in [0.5, 0.6) is 0 Å². The molecule has 3 heterocycles. The summed E-state index contributed by atoms with van der Waals surface area (Å²) >= 11 is 0. The zero-order valence-corrected chi connectivity index (χ0v) is 13.8. The van der Waals surface area contributed by atoms with Crippen molar-refractivity contribution in [2.75, 3.05) is 24.3 Å². The Bertz CT molecular complexity index is 946. The number of ether oxygens (including phenoxy) is 1. The lowest BCUT2D eigenvalue weighted by molar-refractivity contribution is -0.142. The fourth-order valence-electron chi connectivity index (χ4n) is 2.54. The largest absolute Gasteiger partial charge is 0.465 e. The van der Waals surface area contributed by atoms with Crippen molar-refractivity contribution in [3.63, 3.8) is 0 Å². The van der Waals surface area contributed by atoms with Gasteiger partial charge in [0.15, 0.2) is 0 Å². The smallest absolute Gasteiger partial charge is 0.421 e. The first-order valence-electron chi connectivity index (χ1n) is 9.03. The third-order valence-corrected chi connectivity index (χ3v) is 4.13. The van der Waals surface area contributed by atoms with E-state index >= 15 is 0 Å². The average Bonchev–Trinajstić information content (AvgIpc) is 3.18. The Labute approximate surface area is 151 Å². The maximum absolute atomic E-state index is 13.0. The molecule has 2 aromatic heterocycles. The highest BCUT2D eigenvalue weighted by Gasteiger charge is 2.44. The van der Waals surface area contributed by atoms with Crippen LogP contribution in [-0.4, -0.2) is 39.4 Å². The summed E-state index contributed by atoms with van der Waals surface area (Å²) in [5.74, 6) is -1.41. The molecule has 1 saturated heterocycles. The first kappa shape index (κ1) is 14.3. The molecule has 8 nitrogen and oxygen atoms in total. The minimum atomic E-state index is -4.66. The van der Waals surface area contributed by atoms with Crippen molar-refractivity contribution in [2.45, 2.75) is 24.9 Å². The number of anilines is 3. The van der Waals surface area contributed by atoms with Crippen LogP contribution in [0.4, 0.5) is 30.8 Å². The van der Waals surface area contributed by atoms with Gasteiger partial charge in [0.05, 0.1) is 12.3 Å². The molecule has 2 N–H and O–H groups in total. The summed E-state index contributed by atoms with van der Waals surface area (Å²) in [5.41, 5.74) is -2.06. The predicted octanol–water partition coefficient (Wildman–Crippen LogP) is 2.22. The number of nitrogens with one attached hydrogen (secondary N) is 2. The number of nitrogens with zero attached hydrogens (tertiary/aromatic N) is 4. The van der Waals surface area contributed by atoms with E-state index in [1.807, 2.05) is 0 Å². The molecule has 140 valence electrons. The number of hydrogen-bond donors (Lipinski definition) is 2. The second kappa shape index (κ2) is 6.15. The Morgan fingerprint density at radius 3 is 2.81 bits per heavy atom. The fourth-order valence-corrected chi connectivity index (χ4v) is 2.54. The van der Waals surface area contributed by atoms with E-state index in [0.29, 0.717) is 17.3 Å². The normalized spacial score (nSPS) is 22.3. The molecule has 0 radical (unpaired) electrons. The topological polar surface area (TPSA) is 94.0 Å². The minimum Gasteiger partial charge on any atom is -0.465 e.